The Bertz CT molecular complexity index is 994. The number of unbranched alkanes of at least 4 members (excludes halogenated alkanes) is 1. The topological polar surface area (TPSA) is 99.5 Å². The van der Waals surface area contributed by atoms with E-state index >= 15 is 0 Å². The molecule has 3 rings (SSSR count). The quantitative estimate of drug-likeness (QED) is 0.280. The van der Waals surface area contributed by atoms with Crippen LogP contribution in [0.4, 0.5) is 11.4 Å². The summed E-state index contributed by atoms with van der Waals surface area (Å²) >= 11 is 0. The van der Waals surface area contributed by atoms with Crippen LogP contribution in [0.3, 0.4) is 0 Å². The van der Waals surface area contributed by atoms with Gasteiger partial charge in [0, 0.05) is 35.5 Å². The van der Waals surface area contributed by atoms with Gasteiger partial charge in [0.25, 0.3) is 0 Å². The van der Waals surface area contributed by atoms with Crippen molar-refractivity contribution in [3.05, 3.63) is 54.8 Å². The second kappa shape index (κ2) is 10.5. The van der Waals surface area contributed by atoms with E-state index < -0.39 is 16.6 Å². The van der Waals surface area contributed by atoms with Crippen molar-refractivity contribution in [1.82, 2.24) is 0 Å². The Morgan fingerprint density at radius 1 is 1.18 bits per heavy atom. The fraction of sp³-hybridized carbons (Fsp3) is 0.400. The molecule has 0 bridgehead atoms. The zero-order valence-electron chi connectivity index (χ0n) is 19.4. The lowest BCUT2D eigenvalue weighted by Crippen LogP contribution is -2.37. The summed E-state index contributed by atoms with van der Waals surface area (Å²) in [5, 5.41) is 8.87. The number of rotatable bonds is 9. The first-order chi connectivity index (χ1) is 15.7. The average Bonchev–Trinajstić information content (AvgIpc) is 2.90. The van der Waals surface area contributed by atoms with Crippen molar-refractivity contribution >= 4 is 27.9 Å². The Balaban J connectivity index is 2.20. The van der Waals surface area contributed by atoms with Crippen molar-refractivity contribution < 1.29 is 28.5 Å². The first-order valence-electron chi connectivity index (χ1n) is 11.1. The molecular formula is C25H33NO6S. The Morgan fingerprint density at radius 3 is 2.52 bits per heavy atom. The van der Waals surface area contributed by atoms with E-state index in [9.17, 15) is 13.9 Å². The number of hydrogen-bond donors (Lipinski definition) is 3. The van der Waals surface area contributed by atoms with Crippen molar-refractivity contribution in [3.8, 4) is 11.5 Å². The van der Waals surface area contributed by atoms with E-state index in [-0.39, 0.29) is 16.9 Å². The highest BCUT2D eigenvalue weighted by atomic mass is 32.3. The van der Waals surface area contributed by atoms with E-state index in [0.717, 1.165) is 43.7 Å². The minimum Gasteiger partial charge on any atom is -0.493 e. The number of ether oxygens (including phenoxy) is 2. The third kappa shape index (κ3) is 5.63. The lowest BCUT2D eigenvalue weighted by molar-refractivity contribution is -0.131. The zero-order chi connectivity index (χ0) is 24.1. The van der Waals surface area contributed by atoms with Gasteiger partial charge in [0.15, 0.2) is 11.5 Å². The third-order valence-corrected chi connectivity index (χ3v) is 8.22. The maximum atomic E-state index is 11.4. The van der Waals surface area contributed by atoms with E-state index in [2.05, 4.69) is 18.7 Å². The summed E-state index contributed by atoms with van der Waals surface area (Å²) in [6, 6.07) is 13.2. The molecule has 0 aliphatic carbocycles. The Hall–Kier alpha value is -2.68. The van der Waals surface area contributed by atoms with Crippen LogP contribution in [0.25, 0.3) is 0 Å². The molecule has 2 aromatic rings. The van der Waals surface area contributed by atoms with Crippen LogP contribution in [0.1, 0.15) is 39.5 Å². The van der Waals surface area contributed by atoms with Gasteiger partial charge in [-0.1, -0.05) is 44.9 Å². The molecule has 180 valence electrons. The number of carboxylic acid groups (broad SMARTS) is 1. The molecule has 0 saturated heterocycles. The van der Waals surface area contributed by atoms with E-state index in [0.29, 0.717) is 22.9 Å². The van der Waals surface area contributed by atoms with Crippen molar-refractivity contribution in [1.29, 1.82) is 0 Å². The Morgan fingerprint density at radius 2 is 1.91 bits per heavy atom. The summed E-state index contributed by atoms with van der Waals surface area (Å²) in [5.41, 5.74) is 1.31. The summed E-state index contributed by atoms with van der Waals surface area (Å²) in [6.07, 6.45) is 5.63. The lowest BCUT2D eigenvalue weighted by Gasteiger charge is -2.41. The highest BCUT2D eigenvalue weighted by Gasteiger charge is 2.42. The number of fused-ring (bicyclic) bond motifs is 1. The van der Waals surface area contributed by atoms with E-state index in [1.165, 1.54) is 7.11 Å². The van der Waals surface area contributed by atoms with Gasteiger partial charge in [-0.2, -0.15) is 10.6 Å². The summed E-state index contributed by atoms with van der Waals surface area (Å²) in [6.45, 7) is 4.88. The predicted octanol–water partition coefficient (Wildman–Crippen LogP) is 6.52. The van der Waals surface area contributed by atoms with Crippen molar-refractivity contribution in [2.45, 2.75) is 44.4 Å². The molecule has 0 saturated carbocycles. The third-order valence-electron chi connectivity index (χ3n) is 6.17. The molecular weight excluding hydrogens is 442 g/mol. The molecule has 1 aliphatic rings. The first kappa shape index (κ1) is 25.0. The highest BCUT2D eigenvalue weighted by Crippen LogP contribution is 2.62. The number of aliphatic carboxylic acids is 1. The molecule has 0 radical (unpaired) electrons. The number of benzene rings is 2. The molecule has 33 heavy (non-hydrogen) atoms. The molecule has 1 aliphatic heterocycles. The number of carbonyl (C=O) groups is 1. The van der Waals surface area contributed by atoms with Gasteiger partial charge >= 0.3 is 5.97 Å². The summed E-state index contributed by atoms with van der Waals surface area (Å²) in [4.78, 5) is 13.3. The van der Waals surface area contributed by atoms with Crippen molar-refractivity contribution in [2.24, 2.45) is 5.41 Å². The van der Waals surface area contributed by atoms with Gasteiger partial charge in [-0.3, -0.25) is 9.11 Å². The van der Waals surface area contributed by atoms with Crippen LogP contribution in [0.15, 0.2) is 59.7 Å². The van der Waals surface area contributed by atoms with Crippen LogP contribution >= 0.6 is 10.6 Å². The second-order valence-corrected chi connectivity index (χ2v) is 10.5. The normalized spacial score (nSPS) is 20.7. The van der Waals surface area contributed by atoms with Crippen LogP contribution in [-0.2, 0) is 4.79 Å². The predicted molar refractivity (Wildman–Crippen MR) is 132 cm³/mol. The molecule has 3 N–H and O–H groups in total. The van der Waals surface area contributed by atoms with Crippen LogP contribution < -0.4 is 14.4 Å². The summed E-state index contributed by atoms with van der Waals surface area (Å²) < 4.78 is 33.9. The smallest absolute Gasteiger partial charge is 0.331 e. The molecule has 8 heteroatoms. The van der Waals surface area contributed by atoms with Crippen LogP contribution in [0.5, 0.6) is 11.5 Å². The van der Waals surface area contributed by atoms with Crippen LogP contribution in [0.2, 0.25) is 0 Å². The minimum absolute atomic E-state index is 0.222. The minimum atomic E-state index is -3.18. The molecule has 7 nitrogen and oxygen atoms in total. The van der Waals surface area contributed by atoms with Crippen molar-refractivity contribution in [2.75, 3.05) is 24.3 Å². The van der Waals surface area contributed by atoms with Gasteiger partial charge in [-0.05, 0) is 25.0 Å². The summed E-state index contributed by atoms with van der Waals surface area (Å²) in [7, 11) is -1.68. The van der Waals surface area contributed by atoms with Gasteiger partial charge in [0.1, 0.15) is 0 Å². The Labute approximate surface area is 197 Å². The van der Waals surface area contributed by atoms with Gasteiger partial charge in [0.2, 0.25) is 0 Å². The lowest BCUT2D eigenvalue weighted by atomic mass is 9.81. The molecule has 0 aromatic heterocycles. The molecule has 0 amide bonds. The summed E-state index contributed by atoms with van der Waals surface area (Å²) in [5.74, 6) is -0.299. The number of para-hydroxylation sites is 1. The molecule has 0 fully saturated rings. The molecule has 2 aromatic carbocycles. The van der Waals surface area contributed by atoms with Crippen LogP contribution in [0, 0.1) is 5.41 Å². The average molecular weight is 476 g/mol. The maximum absolute atomic E-state index is 11.4. The second-order valence-electron chi connectivity index (χ2n) is 8.42. The molecule has 1 atom stereocenters. The van der Waals surface area contributed by atoms with Gasteiger partial charge < -0.3 is 19.5 Å². The highest BCUT2D eigenvalue weighted by molar-refractivity contribution is 8.24. The van der Waals surface area contributed by atoms with Gasteiger partial charge in [-0.15, -0.1) is 0 Å². The number of methoxy groups -OCH3 is 1. The first-order valence-corrected chi connectivity index (χ1v) is 12.8. The molecule has 0 spiro atoms. The number of carboxylic acids is 1. The Kier molecular flexibility index (Phi) is 7.94. The standard InChI is InChI=1S/C25H33NO6S/c1-4-6-13-25(5-2)17-26(19-10-8-7-9-11-19)20-15-21(31-3)22(32-14-12-24(27)28)16-23(20)33(29,30)18-25/h7-12,14-16,29-30H,4-6,13,17-18H2,1-3H3,(H,27,28)/b14-12-. The van der Waals surface area contributed by atoms with Crippen molar-refractivity contribution in [3.63, 3.8) is 0 Å². The fourth-order valence-electron chi connectivity index (χ4n) is 4.32. The molecule has 1 heterocycles. The number of nitrogens with zero attached hydrogens (tertiary/aromatic N) is 1. The maximum Gasteiger partial charge on any atom is 0.331 e. The largest absolute Gasteiger partial charge is 0.493 e. The van der Waals surface area contributed by atoms with E-state index in [1.807, 2.05) is 30.3 Å². The zero-order valence-corrected chi connectivity index (χ0v) is 20.2. The number of hydrogen-bond acceptors (Lipinski definition) is 6. The fourth-order valence-corrected chi connectivity index (χ4v) is 6.57. The van der Waals surface area contributed by atoms with E-state index in [4.69, 9.17) is 14.6 Å². The van der Waals surface area contributed by atoms with Gasteiger partial charge in [0.05, 0.1) is 30.0 Å². The monoisotopic (exact) mass is 475 g/mol. The van der Waals surface area contributed by atoms with E-state index in [1.54, 1.807) is 12.1 Å². The van der Waals surface area contributed by atoms with Crippen LogP contribution in [-0.4, -0.2) is 39.6 Å². The molecule has 1 unspecified atom stereocenters. The number of anilines is 2. The van der Waals surface area contributed by atoms with Gasteiger partial charge in [-0.25, -0.2) is 4.79 Å². The SMILES string of the molecule is CCCCC1(CC)CN(c2ccccc2)c2cc(OC)c(O/C=C\C(=O)O)cc2S(O)(O)C1.